The summed E-state index contributed by atoms with van der Waals surface area (Å²) in [6.07, 6.45) is 0.101. The Morgan fingerprint density at radius 1 is 1.07 bits per heavy atom. The summed E-state index contributed by atoms with van der Waals surface area (Å²) in [4.78, 5) is 23.4. The van der Waals surface area contributed by atoms with Crippen molar-refractivity contribution in [2.45, 2.75) is 38.6 Å². The molecular formula is C22H25NO4. The van der Waals surface area contributed by atoms with Crippen molar-refractivity contribution in [3.8, 4) is 11.1 Å². The zero-order chi connectivity index (χ0) is 19.4. The molecule has 1 aliphatic carbocycles. The van der Waals surface area contributed by atoms with Gasteiger partial charge in [-0.2, -0.15) is 0 Å². The molecule has 1 amide bonds. The van der Waals surface area contributed by atoms with Gasteiger partial charge in [0.2, 0.25) is 0 Å². The van der Waals surface area contributed by atoms with Crippen molar-refractivity contribution < 1.29 is 19.4 Å². The minimum Gasteiger partial charge on any atom is -0.481 e. The van der Waals surface area contributed by atoms with E-state index in [4.69, 9.17) is 9.84 Å². The Labute approximate surface area is 159 Å². The third kappa shape index (κ3) is 4.13. The maximum Gasteiger partial charge on any atom is 0.407 e. The number of amides is 1. The summed E-state index contributed by atoms with van der Waals surface area (Å²) in [7, 11) is 0. The number of fused-ring (bicyclic) bond motifs is 3. The second kappa shape index (κ2) is 8.25. The maximum absolute atomic E-state index is 12.3. The number of carbonyl (C=O) groups is 2. The molecule has 0 saturated heterocycles. The first-order valence-corrected chi connectivity index (χ1v) is 9.34. The van der Waals surface area contributed by atoms with E-state index >= 15 is 0 Å². The van der Waals surface area contributed by atoms with Crippen LogP contribution < -0.4 is 5.32 Å². The molecule has 0 fully saturated rings. The highest BCUT2D eigenvalue weighted by Gasteiger charge is 2.29. The third-order valence-corrected chi connectivity index (χ3v) is 5.37. The average Bonchev–Trinajstić information content (AvgIpc) is 2.99. The number of hydrogen-bond acceptors (Lipinski definition) is 3. The SMILES string of the molecule is CC[C@H](C)[C@@H](CC(=O)O)NC(=O)OCC1c2ccccc2-c2ccccc21. The Morgan fingerprint density at radius 2 is 1.63 bits per heavy atom. The van der Waals surface area contributed by atoms with Gasteiger partial charge in [-0.1, -0.05) is 68.8 Å². The van der Waals surface area contributed by atoms with Crippen LogP contribution in [0, 0.1) is 5.92 Å². The number of benzene rings is 2. The quantitative estimate of drug-likeness (QED) is 0.760. The molecule has 0 heterocycles. The van der Waals surface area contributed by atoms with Crippen molar-refractivity contribution in [2.24, 2.45) is 5.92 Å². The average molecular weight is 367 g/mol. The number of carboxylic acids is 1. The molecular weight excluding hydrogens is 342 g/mol. The highest BCUT2D eigenvalue weighted by atomic mass is 16.5. The fourth-order valence-electron chi connectivity index (χ4n) is 3.66. The summed E-state index contributed by atoms with van der Waals surface area (Å²) >= 11 is 0. The van der Waals surface area contributed by atoms with Crippen molar-refractivity contribution in [1.29, 1.82) is 0 Å². The van der Waals surface area contributed by atoms with Gasteiger partial charge in [0.05, 0.1) is 6.42 Å². The molecule has 0 saturated carbocycles. The van der Waals surface area contributed by atoms with Gasteiger partial charge in [-0.25, -0.2) is 4.79 Å². The van der Waals surface area contributed by atoms with E-state index in [1.807, 2.05) is 38.1 Å². The maximum atomic E-state index is 12.3. The predicted octanol–water partition coefficient (Wildman–Crippen LogP) is 4.41. The highest BCUT2D eigenvalue weighted by Crippen LogP contribution is 2.44. The van der Waals surface area contributed by atoms with Crippen LogP contribution in [-0.4, -0.2) is 29.8 Å². The number of carbonyl (C=O) groups excluding carboxylic acids is 1. The molecule has 27 heavy (non-hydrogen) atoms. The predicted molar refractivity (Wildman–Crippen MR) is 104 cm³/mol. The van der Waals surface area contributed by atoms with E-state index in [0.29, 0.717) is 0 Å². The largest absolute Gasteiger partial charge is 0.481 e. The Kier molecular flexibility index (Phi) is 5.79. The lowest BCUT2D eigenvalue weighted by atomic mass is 9.96. The van der Waals surface area contributed by atoms with Crippen LogP contribution in [0.2, 0.25) is 0 Å². The summed E-state index contributed by atoms with van der Waals surface area (Å²) < 4.78 is 5.50. The number of nitrogens with one attached hydrogen (secondary N) is 1. The Morgan fingerprint density at radius 3 is 2.15 bits per heavy atom. The molecule has 0 aromatic heterocycles. The van der Waals surface area contributed by atoms with Gasteiger partial charge in [-0.3, -0.25) is 4.79 Å². The van der Waals surface area contributed by atoms with Gasteiger partial charge >= 0.3 is 12.1 Å². The van der Waals surface area contributed by atoms with Gasteiger partial charge in [-0.15, -0.1) is 0 Å². The van der Waals surface area contributed by atoms with E-state index in [-0.39, 0.29) is 24.9 Å². The molecule has 0 bridgehead atoms. The molecule has 142 valence electrons. The first-order valence-electron chi connectivity index (χ1n) is 9.34. The summed E-state index contributed by atoms with van der Waals surface area (Å²) in [5.74, 6) is -0.884. The van der Waals surface area contributed by atoms with Crippen LogP contribution in [0.25, 0.3) is 11.1 Å². The minimum absolute atomic E-state index is 0.00956. The molecule has 1 aliphatic rings. The number of rotatable bonds is 7. The molecule has 0 radical (unpaired) electrons. The third-order valence-electron chi connectivity index (χ3n) is 5.37. The van der Waals surface area contributed by atoms with Crippen molar-refractivity contribution >= 4 is 12.1 Å². The summed E-state index contributed by atoms with van der Waals surface area (Å²) in [6, 6.07) is 15.8. The molecule has 2 atom stereocenters. The van der Waals surface area contributed by atoms with Gasteiger partial charge in [-0.05, 0) is 28.2 Å². The first-order chi connectivity index (χ1) is 13.0. The normalized spacial score (nSPS) is 14.7. The smallest absolute Gasteiger partial charge is 0.407 e. The summed E-state index contributed by atoms with van der Waals surface area (Å²) in [5.41, 5.74) is 4.64. The number of hydrogen-bond donors (Lipinski definition) is 2. The molecule has 2 N–H and O–H groups in total. The van der Waals surface area contributed by atoms with E-state index in [9.17, 15) is 9.59 Å². The minimum atomic E-state index is -0.931. The van der Waals surface area contributed by atoms with Crippen molar-refractivity contribution in [2.75, 3.05) is 6.61 Å². The number of alkyl carbamates (subject to hydrolysis) is 1. The van der Waals surface area contributed by atoms with Crippen LogP contribution >= 0.6 is 0 Å². The molecule has 2 aromatic rings. The second-order valence-corrected chi connectivity index (χ2v) is 7.06. The van der Waals surface area contributed by atoms with Crippen LogP contribution in [0.4, 0.5) is 4.79 Å². The van der Waals surface area contributed by atoms with Gasteiger partial charge in [0, 0.05) is 12.0 Å². The fraction of sp³-hybridized carbons (Fsp3) is 0.364. The van der Waals surface area contributed by atoms with Crippen molar-refractivity contribution in [3.63, 3.8) is 0 Å². The molecule has 5 nitrogen and oxygen atoms in total. The molecule has 3 rings (SSSR count). The van der Waals surface area contributed by atoms with Crippen LogP contribution in [0.3, 0.4) is 0 Å². The summed E-state index contributed by atoms with van der Waals surface area (Å²) in [6.45, 7) is 4.12. The molecule has 0 spiro atoms. The highest BCUT2D eigenvalue weighted by molar-refractivity contribution is 5.79. The van der Waals surface area contributed by atoms with Crippen LogP contribution in [-0.2, 0) is 9.53 Å². The lowest BCUT2D eigenvalue weighted by Gasteiger charge is -2.23. The van der Waals surface area contributed by atoms with Crippen molar-refractivity contribution in [3.05, 3.63) is 59.7 Å². The lowest BCUT2D eigenvalue weighted by molar-refractivity contribution is -0.137. The lowest BCUT2D eigenvalue weighted by Crippen LogP contribution is -2.41. The molecule has 0 unspecified atom stereocenters. The van der Waals surface area contributed by atoms with E-state index in [2.05, 4.69) is 29.6 Å². The van der Waals surface area contributed by atoms with Gasteiger partial charge in [0.25, 0.3) is 0 Å². The van der Waals surface area contributed by atoms with E-state index in [0.717, 1.165) is 17.5 Å². The van der Waals surface area contributed by atoms with Crippen LogP contribution in [0.1, 0.15) is 43.7 Å². The Hall–Kier alpha value is -2.82. The van der Waals surface area contributed by atoms with Crippen LogP contribution in [0.5, 0.6) is 0 Å². The van der Waals surface area contributed by atoms with Gasteiger partial charge in [0.15, 0.2) is 0 Å². The summed E-state index contributed by atoms with van der Waals surface area (Å²) in [5, 5.41) is 11.8. The van der Waals surface area contributed by atoms with E-state index < -0.39 is 18.1 Å². The fourth-order valence-corrected chi connectivity index (χ4v) is 3.66. The molecule has 2 aromatic carbocycles. The molecule has 5 heteroatoms. The zero-order valence-electron chi connectivity index (χ0n) is 15.6. The number of carboxylic acid groups (broad SMARTS) is 1. The zero-order valence-corrected chi connectivity index (χ0v) is 15.6. The number of ether oxygens (including phenoxy) is 1. The monoisotopic (exact) mass is 367 g/mol. The molecule has 0 aliphatic heterocycles. The Balaban J connectivity index is 1.69. The van der Waals surface area contributed by atoms with E-state index in [1.165, 1.54) is 11.1 Å². The standard InChI is InChI=1S/C22H25NO4/c1-3-14(2)20(12-21(24)25)23-22(26)27-13-19-17-10-6-4-8-15(17)16-9-5-7-11-18(16)19/h4-11,14,19-20H,3,12-13H2,1-2H3,(H,23,26)(H,24,25)/t14-,20+/m0/s1. The second-order valence-electron chi connectivity index (χ2n) is 7.06. The Bertz CT molecular complexity index is 787. The topological polar surface area (TPSA) is 75.6 Å². The van der Waals surface area contributed by atoms with Gasteiger partial charge in [0.1, 0.15) is 6.61 Å². The number of aliphatic carboxylic acids is 1. The van der Waals surface area contributed by atoms with Crippen molar-refractivity contribution in [1.82, 2.24) is 5.32 Å². The van der Waals surface area contributed by atoms with Crippen LogP contribution in [0.15, 0.2) is 48.5 Å². The first kappa shape index (κ1) is 19.0. The van der Waals surface area contributed by atoms with E-state index in [1.54, 1.807) is 0 Å². The van der Waals surface area contributed by atoms with Gasteiger partial charge < -0.3 is 15.2 Å².